The molecule has 0 aliphatic heterocycles. The summed E-state index contributed by atoms with van der Waals surface area (Å²) in [6.45, 7) is 3.18. The van der Waals surface area contributed by atoms with Crippen LogP contribution in [-0.4, -0.2) is 41.0 Å². The van der Waals surface area contributed by atoms with Gasteiger partial charge in [-0.3, -0.25) is 9.10 Å². The molecule has 2 N–H and O–H groups in total. The number of hydrogen-bond acceptors (Lipinski definition) is 4. The quantitative estimate of drug-likeness (QED) is 0.704. The molecule has 134 valence electrons. The molecule has 0 bridgehead atoms. The Morgan fingerprint density at radius 1 is 1.04 bits per heavy atom. The summed E-state index contributed by atoms with van der Waals surface area (Å²) in [6.07, 6.45) is 0. The largest absolute Gasteiger partial charge is 0.351 e. The summed E-state index contributed by atoms with van der Waals surface area (Å²) in [4.78, 5) is 12.3. The predicted octanol–water partition coefficient (Wildman–Crippen LogP) is 1.85. The Kier molecular flexibility index (Phi) is 6.55. The molecule has 0 atom stereocenters. The van der Waals surface area contributed by atoms with Crippen molar-refractivity contribution in [1.29, 1.82) is 0 Å². The number of rotatable bonds is 8. The number of benzene rings is 2. The van der Waals surface area contributed by atoms with E-state index in [4.69, 9.17) is 0 Å². The van der Waals surface area contributed by atoms with Crippen molar-refractivity contribution < 1.29 is 13.2 Å². The summed E-state index contributed by atoms with van der Waals surface area (Å²) in [5, 5.41) is 5.68. The molecule has 25 heavy (non-hydrogen) atoms. The van der Waals surface area contributed by atoms with E-state index in [0.29, 0.717) is 30.9 Å². The second kappa shape index (κ2) is 8.64. The summed E-state index contributed by atoms with van der Waals surface area (Å²) in [6, 6.07) is 15.0. The van der Waals surface area contributed by atoms with Gasteiger partial charge in [-0.2, -0.15) is 0 Å². The Labute approximate surface area is 148 Å². The lowest BCUT2D eigenvalue weighted by molar-refractivity contribution is 0.0954. The van der Waals surface area contributed by atoms with E-state index in [-0.39, 0.29) is 10.8 Å². The van der Waals surface area contributed by atoms with Crippen LogP contribution in [-0.2, 0) is 10.0 Å². The fraction of sp³-hybridized carbons (Fsp3) is 0.278. The second-order valence-electron chi connectivity index (χ2n) is 5.39. The van der Waals surface area contributed by atoms with Crippen LogP contribution in [0.15, 0.2) is 59.5 Å². The summed E-state index contributed by atoms with van der Waals surface area (Å²) in [5.74, 6) is -0.296. The topological polar surface area (TPSA) is 78.5 Å². The fourth-order valence-electron chi connectivity index (χ4n) is 2.41. The van der Waals surface area contributed by atoms with Crippen LogP contribution in [0.5, 0.6) is 0 Å². The first-order valence-electron chi connectivity index (χ1n) is 8.11. The third-order valence-electron chi connectivity index (χ3n) is 3.68. The Bertz CT molecular complexity index is 807. The highest BCUT2D eigenvalue weighted by Gasteiger charge is 2.24. The Morgan fingerprint density at radius 2 is 1.76 bits per heavy atom. The molecule has 2 rings (SSSR count). The number of hydrogen-bond donors (Lipinski definition) is 2. The van der Waals surface area contributed by atoms with Crippen molar-refractivity contribution in [3.05, 3.63) is 60.2 Å². The maximum atomic E-state index is 13.0. The van der Waals surface area contributed by atoms with Crippen LogP contribution >= 0.6 is 0 Å². The minimum atomic E-state index is -3.74. The van der Waals surface area contributed by atoms with Gasteiger partial charge in [0.15, 0.2) is 0 Å². The van der Waals surface area contributed by atoms with Gasteiger partial charge < -0.3 is 10.6 Å². The highest BCUT2D eigenvalue weighted by molar-refractivity contribution is 7.92. The molecule has 0 aromatic heterocycles. The number of likely N-dealkylation sites (N-methyl/N-ethyl adjacent to an activating group) is 1. The molecule has 0 heterocycles. The van der Waals surface area contributed by atoms with Crippen LogP contribution in [0.4, 0.5) is 5.69 Å². The van der Waals surface area contributed by atoms with Gasteiger partial charge in [-0.25, -0.2) is 8.42 Å². The monoisotopic (exact) mass is 361 g/mol. The van der Waals surface area contributed by atoms with Crippen molar-refractivity contribution in [1.82, 2.24) is 10.6 Å². The van der Waals surface area contributed by atoms with Crippen LogP contribution in [0.2, 0.25) is 0 Å². The van der Waals surface area contributed by atoms with E-state index >= 15 is 0 Å². The molecule has 0 saturated carbocycles. The molecule has 0 aliphatic carbocycles. The maximum absolute atomic E-state index is 13.0. The SMILES string of the molecule is CCN(c1ccccc1)S(=O)(=O)c1cccc(C(=O)NCCNC)c1. The van der Waals surface area contributed by atoms with Gasteiger partial charge in [0.1, 0.15) is 0 Å². The lowest BCUT2D eigenvalue weighted by Gasteiger charge is -2.23. The van der Waals surface area contributed by atoms with Crippen LogP contribution in [0.1, 0.15) is 17.3 Å². The fourth-order valence-corrected chi connectivity index (χ4v) is 3.93. The molecule has 6 nitrogen and oxygen atoms in total. The van der Waals surface area contributed by atoms with Gasteiger partial charge in [-0.15, -0.1) is 0 Å². The predicted molar refractivity (Wildman–Crippen MR) is 99.3 cm³/mol. The smallest absolute Gasteiger partial charge is 0.264 e. The lowest BCUT2D eigenvalue weighted by Crippen LogP contribution is -2.32. The maximum Gasteiger partial charge on any atom is 0.264 e. The van der Waals surface area contributed by atoms with Crippen molar-refractivity contribution in [3.8, 4) is 0 Å². The second-order valence-corrected chi connectivity index (χ2v) is 7.25. The van der Waals surface area contributed by atoms with Crippen molar-refractivity contribution in [2.45, 2.75) is 11.8 Å². The molecule has 0 aliphatic rings. The number of carbonyl (C=O) groups excluding carboxylic acids is 1. The molecule has 2 aromatic carbocycles. The first-order valence-corrected chi connectivity index (χ1v) is 9.55. The van der Waals surface area contributed by atoms with Crippen LogP contribution in [0.25, 0.3) is 0 Å². The molecule has 1 amide bonds. The zero-order valence-corrected chi connectivity index (χ0v) is 15.2. The number of nitrogens with one attached hydrogen (secondary N) is 2. The molecule has 0 radical (unpaired) electrons. The summed E-state index contributed by atoms with van der Waals surface area (Å²) in [7, 11) is -1.95. The number of carbonyl (C=O) groups is 1. The molecule has 2 aromatic rings. The summed E-state index contributed by atoms with van der Waals surface area (Å²) >= 11 is 0. The molecule has 0 spiro atoms. The molecule has 7 heteroatoms. The normalized spacial score (nSPS) is 11.1. The van der Waals surface area contributed by atoms with E-state index in [2.05, 4.69) is 10.6 Å². The van der Waals surface area contributed by atoms with Crippen molar-refractivity contribution in [3.63, 3.8) is 0 Å². The van der Waals surface area contributed by atoms with Crippen molar-refractivity contribution in [2.24, 2.45) is 0 Å². The minimum Gasteiger partial charge on any atom is -0.351 e. The van der Waals surface area contributed by atoms with E-state index in [0.717, 1.165) is 0 Å². The van der Waals surface area contributed by atoms with Crippen molar-refractivity contribution >= 4 is 21.6 Å². The highest BCUT2D eigenvalue weighted by atomic mass is 32.2. The van der Waals surface area contributed by atoms with Gasteiger partial charge in [-0.05, 0) is 44.3 Å². The van der Waals surface area contributed by atoms with E-state index in [1.165, 1.54) is 16.4 Å². The van der Waals surface area contributed by atoms with E-state index in [9.17, 15) is 13.2 Å². The van der Waals surface area contributed by atoms with Gasteiger partial charge in [0.2, 0.25) is 0 Å². The third kappa shape index (κ3) is 4.58. The van der Waals surface area contributed by atoms with Crippen molar-refractivity contribution in [2.75, 3.05) is 31.0 Å². The molecular formula is C18H23N3O3S. The summed E-state index contributed by atoms with van der Waals surface area (Å²) in [5.41, 5.74) is 0.912. The van der Waals surface area contributed by atoms with Gasteiger partial charge in [-0.1, -0.05) is 24.3 Å². The zero-order valence-electron chi connectivity index (χ0n) is 14.4. The minimum absolute atomic E-state index is 0.0967. The average Bonchev–Trinajstić information content (AvgIpc) is 2.63. The van der Waals surface area contributed by atoms with Gasteiger partial charge in [0, 0.05) is 25.2 Å². The van der Waals surface area contributed by atoms with Crippen LogP contribution in [0, 0.1) is 0 Å². The first-order chi connectivity index (χ1) is 12.0. The van der Waals surface area contributed by atoms with E-state index in [1.54, 1.807) is 50.4 Å². The highest BCUT2D eigenvalue weighted by Crippen LogP contribution is 2.23. The molecule has 0 fully saturated rings. The van der Waals surface area contributed by atoms with Gasteiger partial charge in [0.25, 0.3) is 15.9 Å². The van der Waals surface area contributed by atoms with Crippen LogP contribution < -0.4 is 14.9 Å². The number of para-hydroxylation sites is 1. The zero-order chi connectivity index (χ0) is 18.3. The first kappa shape index (κ1) is 19.0. The summed E-state index contributed by atoms with van der Waals surface area (Å²) < 4.78 is 27.3. The standard InChI is InChI=1S/C18H23N3O3S/c1-3-21(16-9-5-4-6-10-16)25(23,24)17-11-7-8-15(14-17)18(22)20-13-12-19-2/h4-11,14,19H,3,12-13H2,1-2H3,(H,20,22). The number of anilines is 1. The van der Waals surface area contributed by atoms with Crippen LogP contribution in [0.3, 0.4) is 0 Å². The Balaban J connectivity index is 2.30. The van der Waals surface area contributed by atoms with Gasteiger partial charge >= 0.3 is 0 Å². The number of sulfonamides is 1. The lowest BCUT2D eigenvalue weighted by atomic mass is 10.2. The van der Waals surface area contributed by atoms with E-state index in [1.807, 2.05) is 6.07 Å². The number of amides is 1. The molecular weight excluding hydrogens is 338 g/mol. The molecule has 0 saturated heterocycles. The van der Waals surface area contributed by atoms with E-state index < -0.39 is 10.0 Å². The van der Waals surface area contributed by atoms with Gasteiger partial charge in [0.05, 0.1) is 10.6 Å². The Hall–Kier alpha value is -2.38. The molecule has 0 unspecified atom stereocenters. The number of nitrogens with zero attached hydrogens (tertiary/aromatic N) is 1. The Morgan fingerprint density at radius 3 is 2.40 bits per heavy atom. The third-order valence-corrected chi connectivity index (χ3v) is 5.58. The average molecular weight is 361 g/mol.